The van der Waals surface area contributed by atoms with Crippen LogP contribution in [0, 0.1) is 5.92 Å². The molecule has 1 aliphatic heterocycles. The van der Waals surface area contributed by atoms with Gasteiger partial charge >= 0.3 is 5.97 Å². The van der Waals surface area contributed by atoms with Crippen molar-refractivity contribution in [2.75, 3.05) is 41.4 Å². The van der Waals surface area contributed by atoms with Crippen molar-refractivity contribution < 1.29 is 41.1 Å². The number of pyridine rings is 1. The van der Waals surface area contributed by atoms with Gasteiger partial charge in [-0.05, 0) is 124 Å². The minimum atomic E-state index is -4.09. The largest absolute Gasteiger partial charge is 0.478 e. The van der Waals surface area contributed by atoms with Gasteiger partial charge in [-0.1, -0.05) is 37.3 Å². The van der Waals surface area contributed by atoms with E-state index < -0.39 is 55.7 Å². The van der Waals surface area contributed by atoms with E-state index in [1.54, 1.807) is 55.5 Å². The molecule has 60 heavy (non-hydrogen) atoms. The Kier molecular flexibility index (Phi) is 14.0. The number of aromatic carboxylic acids is 1. The van der Waals surface area contributed by atoms with Crippen LogP contribution in [0.2, 0.25) is 0 Å². The van der Waals surface area contributed by atoms with Crippen LogP contribution in [0.4, 0.5) is 17.2 Å². The van der Waals surface area contributed by atoms with Crippen LogP contribution in [0.3, 0.4) is 0 Å². The Balaban J connectivity index is 1.16. The molecule has 17 heteroatoms. The molecule has 15 nitrogen and oxygen atoms in total. The lowest BCUT2D eigenvalue weighted by Gasteiger charge is -2.35. The van der Waals surface area contributed by atoms with Crippen molar-refractivity contribution in [2.45, 2.75) is 75.6 Å². The van der Waals surface area contributed by atoms with Crippen LogP contribution in [0.5, 0.6) is 0 Å². The second kappa shape index (κ2) is 19.2. The summed E-state index contributed by atoms with van der Waals surface area (Å²) >= 11 is 0. The fourth-order valence-electron chi connectivity index (χ4n) is 7.71. The number of carbonyl (C=O) groups excluding carboxylic acids is 3. The van der Waals surface area contributed by atoms with E-state index in [9.17, 15) is 36.0 Å². The Hall–Kier alpha value is -5.65. The van der Waals surface area contributed by atoms with Crippen LogP contribution >= 0.6 is 0 Å². The lowest BCUT2D eigenvalue weighted by Crippen LogP contribution is -2.44. The van der Waals surface area contributed by atoms with E-state index in [0.29, 0.717) is 50.0 Å². The van der Waals surface area contributed by atoms with Crippen molar-refractivity contribution in [2.24, 2.45) is 5.92 Å². The van der Waals surface area contributed by atoms with Crippen LogP contribution < -0.4 is 20.3 Å². The summed E-state index contributed by atoms with van der Waals surface area (Å²) in [4.78, 5) is 58.0. The zero-order valence-corrected chi connectivity index (χ0v) is 35.2. The zero-order chi connectivity index (χ0) is 43.0. The van der Waals surface area contributed by atoms with Gasteiger partial charge in [0.2, 0.25) is 26.0 Å². The number of carboxylic acid groups (broad SMARTS) is 1. The topological polar surface area (TPSA) is 212 Å². The first-order valence-corrected chi connectivity index (χ1v) is 23.4. The number of aryl methyl sites for hydroxylation is 2. The fraction of sp³-hybridized carbons (Fsp3) is 0.372. The Labute approximate surface area is 350 Å². The summed E-state index contributed by atoms with van der Waals surface area (Å²) in [5.41, 5.74) is 2.94. The molecule has 1 aromatic heterocycles. The first-order valence-electron chi connectivity index (χ1n) is 20.0. The van der Waals surface area contributed by atoms with Crippen molar-refractivity contribution >= 4 is 60.9 Å². The van der Waals surface area contributed by atoms with Gasteiger partial charge in [-0.25, -0.2) is 26.6 Å². The van der Waals surface area contributed by atoms with E-state index in [2.05, 4.69) is 15.5 Å². The van der Waals surface area contributed by atoms with E-state index in [1.807, 2.05) is 16.9 Å². The highest BCUT2D eigenvalue weighted by Gasteiger charge is 2.36. The van der Waals surface area contributed by atoms with E-state index in [4.69, 9.17) is 10.1 Å². The zero-order valence-electron chi connectivity index (χ0n) is 33.6. The molecule has 1 saturated carbocycles. The molecule has 0 spiro atoms. The van der Waals surface area contributed by atoms with Crippen molar-refractivity contribution in [3.63, 3.8) is 0 Å². The molecule has 0 bridgehead atoms. The second-order valence-electron chi connectivity index (χ2n) is 15.2. The van der Waals surface area contributed by atoms with Gasteiger partial charge in [0.15, 0.2) is 5.69 Å². The first-order chi connectivity index (χ1) is 28.6. The summed E-state index contributed by atoms with van der Waals surface area (Å²) in [6.07, 6.45) is 6.74. The monoisotopic (exact) mass is 858 g/mol. The number of anilines is 3. The molecular formula is C43H50N6O9S2. The Bertz CT molecular complexity index is 2430. The predicted octanol–water partition coefficient (Wildman–Crippen LogP) is 5.71. The number of benzene rings is 3. The van der Waals surface area contributed by atoms with Crippen molar-refractivity contribution in [3.05, 3.63) is 113 Å². The lowest BCUT2D eigenvalue weighted by atomic mass is 9.85. The molecule has 2 heterocycles. The van der Waals surface area contributed by atoms with Crippen molar-refractivity contribution in [3.8, 4) is 0 Å². The summed E-state index contributed by atoms with van der Waals surface area (Å²) in [5, 5.41) is 14.8. The smallest absolute Gasteiger partial charge is 0.335 e. The van der Waals surface area contributed by atoms with E-state index in [-0.39, 0.29) is 33.9 Å². The molecule has 3 aromatic carbocycles. The summed E-state index contributed by atoms with van der Waals surface area (Å²) in [6.45, 7) is 3.41. The molecule has 1 aliphatic carbocycles. The predicted molar refractivity (Wildman–Crippen MR) is 228 cm³/mol. The molecular weight excluding hydrogens is 809 g/mol. The molecule has 2 fully saturated rings. The molecule has 0 unspecified atom stereocenters. The van der Waals surface area contributed by atoms with Crippen LogP contribution in [-0.2, 0) is 37.7 Å². The first kappa shape index (κ1) is 43.9. The Morgan fingerprint density at radius 2 is 1.40 bits per heavy atom. The van der Waals surface area contributed by atoms with Crippen LogP contribution in [-0.4, -0.2) is 86.9 Å². The minimum Gasteiger partial charge on any atom is -0.478 e. The number of piperidine rings is 1. The van der Waals surface area contributed by atoms with Crippen molar-refractivity contribution in [1.29, 1.82) is 0 Å². The van der Waals surface area contributed by atoms with Gasteiger partial charge in [0.25, 0.3) is 11.8 Å². The third kappa shape index (κ3) is 11.1. The molecule has 318 valence electrons. The average Bonchev–Trinajstić information content (AvgIpc) is 3.24. The van der Waals surface area contributed by atoms with Gasteiger partial charge in [-0.3, -0.25) is 19.1 Å². The summed E-state index contributed by atoms with van der Waals surface area (Å²) in [5.74, 6) is -2.70. The SMILES string of the molecule is CCN(C1CCC(C(=O)NS(C)(=O)=O)CC1)S(=O)(=O)c1cccc(C(=O)Nc2ccc(N3CCCCC3)nc2C(=O)Nc2ccc(CCc3ccc(C(=O)O)cc3)cc2)c1. The average molecular weight is 859 g/mol. The fourth-order valence-corrected chi connectivity index (χ4v) is 9.99. The van der Waals surface area contributed by atoms with E-state index in [0.717, 1.165) is 49.7 Å². The van der Waals surface area contributed by atoms with Crippen LogP contribution in [0.1, 0.15) is 94.2 Å². The Morgan fingerprint density at radius 3 is 2.00 bits per heavy atom. The maximum absolute atomic E-state index is 14.0. The normalized spacial score (nSPS) is 17.1. The molecule has 4 N–H and O–H groups in total. The second-order valence-corrected chi connectivity index (χ2v) is 18.8. The number of carboxylic acids is 1. The third-order valence-corrected chi connectivity index (χ3v) is 13.5. The maximum atomic E-state index is 14.0. The van der Waals surface area contributed by atoms with Crippen LogP contribution in [0.25, 0.3) is 0 Å². The lowest BCUT2D eigenvalue weighted by molar-refractivity contribution is -0.124. The number of hydrogen-bond donors (Lipinski definition) is 4. The quantitative estimate of drug-likeness (QED) is 0.114. The summed E-state index contributed by atoms with van der Waals surface area (Å²) in [6, 6.07) is 22.7. The number of hydrogen-bond acceptors (Lipinski definition) is 10. The van der Waals surface area contributed by atoms with Crippen LogP contribution in [0.15, 0.2) is 89.8 Å². The third-order valence-electron chi connectivity index (χ3n) is 10.9. The Morgan fingerprint density at radius 1 is 0.767 bits per heavy atom. The number of amides is 3. The molecule has 1 saturated heterocycles. The number of rotatable bonds is 15. The number of sulfonamides is 2. The number of aromatic nitrogens is 1. The van der Waals surface area contributed by atoms with E-state index in [1.165, 1.54) is 28.6 Å². The van der Waals surface area contributed by atoms with Crippen molar-refractivity contribution in [1.82, 2.24) is 14.0 Å². The molecule has 4 aromatic rings. The highest BCUT2D eigenvalue weighted by Crippen LogP contribution is 2.32. The number of nitrogens with zero attached hydrogens (tertiary/aromatic N) is 3. The summed E-state index contributed by atoms with van der Waals surface area (Å²) in [7, 11) is -7.80. The summed E-state index contributed by atoms with van der Waals surface area (Å²) < 4.78 is 54.5. The van der Waals surface area contributed by atoms with Gasteiger partial charge in [-0.2, -0.15) is 4.31 Å². The minimum absolute atomic E-state index is 0.0120. The molecule has 0 atom stereocenters. The van der Waals surface area contributed by atoms with Gasteiger partial charge in [0, 0.05) is 42.8 Å². The molecule has 2 aliphatic rings. The van der Waals surface area contributed by atoms with Gasteiger partial charge in [0.1, 0.15) is 5.82 Å². The highest BCUT2D eigenvalue weighted by atomic mass is 32.2. The van der Waals surface area contributed by atoms with Gasteiger partial charge in [-0.15, -0.1) is 0 Å². The highest BCUT2D eigenvalue weighted by molar-refractivity contribution is 7.89. The molecule has 0 radical (unpaired) electrons. The molecule has 6 rings (SSSR count). The number of carbonyl (C=O) groups is 4. The van der Waals surface area contributed by atoms with E-state index >= 15 is 0 Å². The van der Waals surface area contributed by atoms with Gasteiger partial charge in [0.05, 0.1) is 22.4 Å². The maximum Gasteiger partial charge on any atom is 0.335 e. The standard InChI is InChI=1S/C43H50N6O9S2/c1-3-49(35-22-18-31(19-23-35)41(51)47-59(2,55)56)60(57,58)36-9-7-8-33(28-36)40(50)45-37-24-25-38(48-26-5-4-6-27-48)46-39(37)42(52)44-34-20-14-30(15-21-34)11-10-29-12-16-32(17-13-29)43(53)54/h7-9,12-17,20-21,24-25,28,31,35H,3-6,10-11,18-19,22-23,26-27H2,1-2H3,(H,44,52)(H,45,50)(H,47,51)(H,53,54). The number of nitrogens with one attached hydrogen (secondary N) is 3. The van der Waals surface area contributed by atoms with Gasteiger partial charge < -0.3 is 20.6 Å². The molecule has 3 amide bonds.